The third kappa shape index (κ3) is 4.11. The van der Waals surface area contributed by atoms with Gasteiger partial charge in [-0.05, 0) is 36.7 Å². The molecule has 0 aliphatic rings. The van der Waals surface area contributed by atoms with Crippen molar-refractivity contribution in [1.82, 2.24) is 0 Å². The molecule has 0 bridgehead atoms. The predicted octanol–water partition coefficient (Wildman–Crippen LogP) is 2.98. The molecule has 0 amide bonds. The number of halogens is 2. The zero-order chi connectivity index (χ0) is 12.7. The molecule has 0 heterocycles. The molecule has 1 aromatic carbocycles. The maximum absolute atomic E-state index is 6.13. The number of benzene rings is 1. The van der Waals surface area contributed by atoms with Gasteiger partial charge in [0.1, 0.15) is 6.61 Å². The van der Waals surface area contributed by atoms with Crippen molar-refractivity contribution >= 4 is 23.2 Å². The van der Waals surface area contributed by atoms with Gasteiger partial charge in [-0.15, -0.1) is 0 Å². The lowest BCUT2D eigenvalue weighted by Gasteiger charge is -2.12. The van der Waals surface area contributed by atoms with Crippen molar-refractivity contribution in [2.45, 2.75) is 6.42 Å². The highest BCUT2D eigenvalue weighted by Gasteiger charge is 2.11. The maximum atomic E-state index is 6.13. The first kappa shape index (κ1) is 14.2. The van der Waals surface area contributed by atoms with Crippen molar-refractivity contribution in [3.63, 3.8) is 0 Å². The third-order valence-electron chi connectivity index (χ3n) is 2.14. The lowest BCUT2D eigenvalue weighted by molar-refractivity contribution is 0.326. The fraction of sp³-hybridized carbons (Fsp3) is 0.333. The molecule has 3 nitrogen and oxygen atoms in total. The van der Waals surface area contributed by atoms with Gasteiger partial charge in [0.25, 0.3) is 0 Å². The first-order chi connectivity index (χ1) is 8.22. The van der Waals surface area contributed by atoms with Crippen LogP contribution in [0.1, 0.15) is 5.56 Å². The van der Waals surface area contributed by atoms with Gasteiger partial charge in [0.15, 0.2) is 11.5 Å². The summed E-state index contributed by atoms with van der Waals surface area (Å²) in [6.07, 6.45) is 2.42. The molecule has 0 aliphatic carbocycles. The highest BCUT2D eigenvalue weighted by Crippen LogP contribution is 2.36. The Balaban J connectivity index is 2.94. The average Bonchev–Trinajstić information content (AvgIpc) is 2.32. The number of methoxy groups -OCH3 is 1. The molecule has 5 heteroatoms. The van der Waals surface area contributed by atoms with Gasteiger partial charge in [0, 0.05) is 5.54 Å². The van der Waals surface area contributed by atoms with Crippen LogP contribution in [0.4, 0.5) is 0 Å². The molecule has 0 aliphatic heterocycles. The van der Waals surface area contributed by atoms with Crippen LogP contribution in [0.2, 0.25) is 5.02 Å². The molecule has 0 saturated heterocycles. The van der Waals surface area contributed by atoms with Gasteiger partial charge in [0.2, 0.25) is 0 Å². The highest BCUT2D eigenvalue weighted by atomic mass is 35.5. The van der Waals surface area contributed by atoms with Crippen LogP contribution in [0.5, 0.6) is 11.5 Å². The Bertz CT molecular complexity index is 394. The summed E-state index contributed by atoms with van der Waals surface area (Å²) in [7, 11) is 1.57. The highest BCUT2D eigenvalue weighted by molar-refractivity contribution is 6.32. The monoisotopic (exact) mass is 275 g/mol. The van der Waals surface area contributed by atoms with Gasteiger partial charge >= 0.3 is 0 Å². The number of hydrogen-bond donors (Lipinski definition) is 1. The number of ether oxygens (including phenoxy) is 2. The van der Waals surface area contributed by atoms with Crippen molar-refractivity contribution in [2.75, 3.05) is 20.3 Å². The summed E-state index contributed by atoms with van der Waals surface area (Å²) in [6.45, 7) is 0.907. The van der Waals surface area contributed by atoms with E-state index >= 15 is 0 Å². The van der Waals surface area contributed by atoms with E-state index in [0.717, 1.165) is 12.0 Å². The first-order valence-electron chi connectivity index (χ1n) is 5.17. The molecule has 0 radical (unpaired) electrons. The summed E-state index contributed by atoms with van der Waals surface area (Å²) >= 11 is 11.5. The minimum absolute atomic E-state index is 0.343. The fourth-order valence-electron chi connectivity index (χ4n) is 1.39. The molecule has 0 atom stereocenters. The summed E-state index contributed by atoms with van der Waals surface area (Å²) < 4.78 is 10.7. The van der Waals surface area contributed by atoms with E-state index < -0.39 is 0 Å². The lowest BCUT2D eigenvalue weighted by Crippen LogP contribution is -2.04. The number of hydrogen-bond acceptors (Lipinski definition) is 3. The maximum Gasteiger partial charge on any atom is 0.180 e. The molecule has 0 fully saturated rings. The summed E-state index contributed by atoms with van der Waals surface area (Å²) in [5.74, 6) is 1.12. The van der Waals surface area contributed by atoms with E-state index in [9.17, 15) is 0 Å². The molecule has 0 unspecified atom stereocenters. The Labute approximate surface area is 111 Å². The van der Waals surface area contributed by atoms with Crippen molar-refractivity contribution in [3.05, 3.63) is 34.3 Å². The Morgan fingerprint density at radius 2 is 2.18 bits per heavy atom. The Kier molecular flexibility index (Phi) is 6.19. The topological polar surface area (TPSA) is 44.5 Å². The standard InChI is InChI=1S/C12H15Cl2NO2/c1-16-11-8-9(3-5-15)7-10(14)12(11)17-6-2-4-13/h2,4,7-8H,3,5-6,15H2,1H3/b4-2+. The fourth-order valence-corrected chi connectivity index (χ4v) is 1.75. The van der Waals surface area contributed by atoms with Crippen LogP contribution in [0.3, 0.4) is 0 Å². The van der Waals surface area contributed by atoms with Gasteiger partial charge in [-0.25, -0.2) is 0 Å². The van der Waals surface area contributed by atoms with E-state index in [2.05, 4.69) is 0 Å². The molecular formula is C12H15Cl2NO2. The molecular weight excluding hydrogens is 261 g/mol. The van der Waals surface area contributed by atoms with Gasteiger partial charge < -0.3 is 15.2 Å². The predicted molar refractivity (Wildman–Crippen MR) is 71.3 cm³/mol. The SMILES string of the molecule is COc1cc(CCN)cc(Cl)c1OC/C=C/Cl. The van der Waals surface area contributed by atoms with Crippen LogP contribution in [0.15, 0.2) is 23.7 Å². The zero-order valence-electron chi connectivity index (χ0n) is 9.58. The molecule has 2 N–H and O–H groups in total. The van der Waals surface area contributed by atoms with Crippen molar-refractivity contribution in [2.24, 2.45) is 5.73 Å². The molecule has 0 spiro atoms. The van der Waals surface area contributed by atoms with Crippen molar-refractivity contribution in [1.29, 1.82) is 0 Å². The minimum atomic E-state index is 0.343. The molecule has 0 aromatic heterocycles. The average molecular weight is 276 g/mol. The van der Waals surface area contributed by atoms with E-state index in [1.807, 2.05) is 12.1 Å². The van der Waals surface area contributed by atoms with Crippen molar-refractivity contribution < 1.29 is 9.47 Å². The second-order valence-electron chi connectivity index (χ2n) is 3.32. The van der Waals surface area contributed by atoms with Gasteiger partial charge in [-0.2, -0.15) is 0 Å². The largest absolute Gasteiger partial charge is 0.493 e. The quantitative estimate of drug-likeness (QED) is 0.868. The van der Waals surface area contributed by atoms with Crippen molar-refractivity contribution in [3.8, 4) is 11.5 Å². The number of nitrogens with two attached hydrogens (primary N) is 1. The van der Waals surface area contributed by atoms with Gasteiger partial charge in [-0.3, -0.25) is 0 Å². The zero-order valence-corrected chi connectivity index (χ0v) is 11.1. The summed E-state index contributed by atoms with van der Waals surface area (Å²) in [5.41, 5.74) is 7.91. The molecule has 94 valence electrons. The summed E-state index contributed by atoms with van der Waals surface area (Å²) in [6, 6.07) is 3.70. The van der Waals surface area contributed by atoms with E-state index in [4.69, 9.17) is 38.4 Å². The van der Waals surface area contributed by atoms with Crippen LogP contribution >= 0.6 is 23.2 Å². The molecule has 0 saturated carbocycles. The Morgan fingerprint density at radius 3 is 2.76 bits per heavy atom. The Hall–Kier alpha value is -0.900. The summed E-state index contributed by atoms with van der Waals surface area (Å²) in [4.78, 5) is 0. The van der Waals surface area contributed by atoms with E-state index in [0.29, 0.717) is 29.7 Å². The van der Waals surface area contributed by atoms with E-state index in [-0.39, 0.29) is 0 Å². The first-order valence-corrected chi connectivity index (χ1v) is 5.98. The Morgan fingerprint density at radius 1 is 1.41 bits per heavy atom. The van der Waals surface area contributed by atoms with Crippen LogP contribution in [0, 0.1) is 0 Å². The summed E-state index contributed by atoms with van der Waals surface area (Å²) in [5, 5.41) is 0.510. The van der Waals surface area contributed by atoms with Crippen LogP contribution in [-0.4, -0.2) is 20.3 Å². The van der Waals surface area contributed by atoms with Crippen LogP contribution < -0.4 is 15.2 Å². The normalized spacial score (nSPS) is 10.8. The number of rotatable bonds is 6. The van der Waals surface area contributed by atoms with E-state index in [1.54, 1.807) is 13.2 Å². The van der Waals surface area contributed by atoms with Gasteiger partial charge in [0.05, 0.1) is 12.1 Å². The molecule has 1 rings (SSSR count). The second-order valence-corrected chi connectivity index (χ2v) is 3.98. The van der Waals surface area contributed by atoms with Gasteiger partial charge in [-0.1, -0.05) is 23.2 Å². The second kappa shape index (κ2) is 7.43. The van der Waals surface area contributed by atoms with Crippen LogP contribution in [-0.2, 0) is 6.42 Å². The third-order valence-corrected chi connectivity index (χ3v) is 2.59. The minimum Gasteiger partial charge on any atom is -0.493 e. The van der Waals surface area contributed by atoms with Crippen LogP contribution in [0.25, 0.3) is 0 Å². The molecule has 17 heavy (non-hydrogen) atoms. The lowest BCUT2D eigenvalue weighted by atomic mass is 10.1. The molecule has 1 aromatic rings. The smallest absolute Gasteiger partial charge is 0.180 e. The van der Waals surface area contributed by atoms with E-state index in [1.165, 1.54) is 5.54 Å².